The highest BCUT2D eigenvalue weighted by atomic mass is 127. The summed E-state index contributed by atoms with van der Waals surface area (Å²) < 4.78 is 0.780. The standard InChI is InChI=1S/C16H11ClIN3OS/c17-10-5-7-11(8-6-10)23-14-4-2-1-3-13(14)20-16(22)15-12(18)9-19-21-15/h1-9H,(H,19,21)(H,20,22). The van der Waals surface area contributed by atoms with E-state index in [1.54, 1.807) is 18.0 Å². The van der Waals surface area contributed by atoms with Gasteiger partial charge in [-0.2, -0.15) is 5.10 Å². The number of H-pyrrole nitrogens is 1. The second-order valence-electron chi connectivity index (χ2n) is 4.60. The van der Waals surface area contributed by atoms with Crippen LogP contribution in [-0.2, 0) is 0 Å². The number of nitrogens with one attached hydrogen (secondary N) is 2. The van der Waals surface area contributed by atoms with Crippen LogP contribution in [0.3, 0.4) is 0 Å². The average Bonchev–Trinajstić information content (AvgIpc) is 2.97. The highest BCUT2D eigenvalue weighted by Gasteiger charge is 2.14. The van der Waals surface area contributed by atoms with E-state index < -0.39 is 0 Å². The second kappa shape index (κ2) is 7.37. The van der Waals surface area contributed by atoms with E-state index >= 15 is 0 Å². The lowest BCUT2D eigenvalue weighted by molar-refractivity contribution is 0.102. The predicted octanol–water partition coefficient (Wildman–Crippen LogP) is 5.07. The van der Waals surface area contributed by atoms with Crippen molar-refractivity contribution >= 4 is 57.5 Å². The first-order valence-electron chi connectivity index (χ1n) is 6.66. The number of aromatic nitrogens is 2. The minimum absolute atomic E-state index is 0.212. The number of rotatable bonds is 4. The number of hydrogen-bond donors (Lipinski definition) is 2. The zero-order chi connectivity index (χ0) is 16.2. The van der Waals surface area contributed by atoms with Gasteiger partial charge in [0.2, 0.25) is 0 Å². The Balaban J connectivity index is 1.82. The fourth-order valence-corrected chi connectivity index (χ4v) is 3.44. The summed E-state index contributed by atoms with van der Waals surface area (Å²) >= 11 is 9.55. The summed E-state index contributed by atoms with van der Waals surface area (Å²) in [6.07, 6.45) is 1.61. The van der Waals surface area contributed by atoms with Crippen LogP contribution in [0.15, 0.2) is 64.5 Å². The molecule has 0 unspecified atom stereocenters. The quantitative estimate of drug-likeness (QED) is 0.540. The maximum atomic E-state index is 12.3. The molecule has 1 amide bonds. The molecule has 23 heavy (non-hydrogen) atoms. The number of carbonyl (C=O) groups is 1. The lowest BCUT2D eigenvalue weighted by atomic mass is 10.3. The molecular formula is C16H11ClIN3OS. The van der Waals surface area contributed by atoms with Crippen LogP contribution in [0.5, 0.6) is 0 Å². The van der Waals surface area contributed by atoms with Crippen LogP contribution < -0.4 is 5.32 Å². The molecule has 0 bridgehead atoms. The Morgan fingerprint density at radius 1 is 1.17 bits per heavy atom. The number of hydrogen-bond acceptors (Lipinski definition) is 3. The van der Waals surface area contributed by atoms with E-state index in [9.17, 15) is 4.79 Å². The average molecular weight is 456 g/mol. The molecule has 4 nitrogen and oxygen atoms in total. The number of anilines is 1. The van der Waals surface area contributed by atoms with Gasteiger partial charge < -0.3 is 5.32 Å². The van der Waals surface area contributed by atoms with Crippen molar-refractivity contribution < 1.29 is 4.79 Å². The number of halogens is 2. The van der Waals surface area contributed by atoms with Gasteiger partial charge in [-0.05, 0) is 59.0 Å². The van der Waals surface area contributed by atoms with Crippen LogP contribution in [0.4, 0.5) is 5.69 Å². The minimum Gasteiger partial charge on any atom is -0.320 e. The summed E-state index contributed by atoms with van der Waals surface area (Å²) in [6.45, 7) is 0. The third kappa shape index (κ3) is 4.07. The van der Waals surface area contributed by atoms with Gasteiger partial charge in [-0.1, -0.05) is 35.5 Å². The maximum absolute atomic E-state index is 12.3. The zero-order valence-corrected chi connectivity index (χ0v) is 15.4. The summed E-state index contributed by atoms with van der Waals surface area (Å²) in [4.78, 5) is 14.3. The fourth-order valence-electron chi connectivity index (χ4n) is 1.90. The van der Waals surface area contributed by atoms with E-state index in [2.05, 4.69) is 38.1 Å². The molecule has 3 aromatic rings. The van der Waals surface area contributed by atoms with Crippen molar-refractivity contribution in [1.82, 2.24) is 10.2 Å². The molecule has 1 heterocycles. The van der Waals surface area contributed by atoms with E-state index in [1.807, 2.05) is 48.5 Å². The Kier molecular flexibility index (Phi) is 5.24. The largest absolute Gasteiger partial charge is 0.320 e. The second-order valence-corrected chi connectivity index (χ2v) is 7.31. The van der Waals surface area contributed by atoms with Crippen LogP contribution >= 0.6 is 46.0 Å². The molecule has 7 heteroatoms. The van der Waals surface area contributed by atoms with Crippen molar-refractivity contribution in [3.8, 4) is 0 Å². The highest BCUT2D eigenvalue weighted by Crippen LogP contribution is 2.34. The van der Waals surface area contributed by atoms with E-state index in [0.29, 0.717) is 10.7 Å². The predicted molar refractivity (Wildman–Crippen MR) is 101 cm³/mol. The van der Waals surface area contributed by atoms with Gasteiger partial charge in [-0.3, -0.25) is 9.89 Å². The molecule has 3 rings (SSSR count). The number of amides is 1. The van der Waals surface area contributed by atoms with E-state index in [1.165, 1.54) is 0 Å². The number of para-hydroxylation sites is 1. The first-order chi connectivity index (χ1) is 11.1. The van der Waals surface area contributed by atoms with Crippen molar-refractivity contribution in [2.24, 2.45) is 0 Å². The normalized spacial score (nSPS) is 10.5. The van der Waals surface area contributed by atoms with Crippen LogP contribution in [0.2, 0.25) is 5.02 Å². The van der Waals surface area contributed by atoms with Crippen LogP contribution in [0.25, 0.3) is 0 Å². The lowest BCUT2D eigenvalue weighted by Gasteiger charge is -2.10. The number of nitrogens with zero attached hydrogens (tertiary/aromatic N) is 1. The smallest absolute Gasteiger partial charge is 0.274 e. The molecule has 0 aliphatic carbocycles. The minimum atomic E-state index is -0.212. The Morgan fingerprint density at radius 2 is 1.91 bits per heavy atom. The highest BCUT2D eigenvalue weighted by molar-refractivity contribution is 14.1. The van der Waals surface area contributed by atoms with Crippen LogP contribution in [0.1, 0.15) is 10.5 Å². The van der Waals surface area contributed by atoms with Gasteiger partial charge in [-0.25, -0.2) is 0 Å². The topological polar surface area (TPSA) is 57.8 Å². The number of aromatic amines is 1. The molecule has 2 aromatic carbocycles. The molecule has 0 fully saturated rings. The van der Waals surface area contributed by atoms with Crippen LogP contribution in [-0.4, -0.2) is 16.1 Å². The third-order valence-electron chi connectivity index (χ3n) is 3.00. The van der Waals surface area contributed by atoms with E-state index in [4.69, 9.17) is 11.6 Å². The first-order valence-corrected chi connectivity index (χ1v) is 8.93. The van der Waals surface area contributed by atoms with E-state index in [0.717, 1.165) is 19.0 Å². The van der Waals surface area contributed by atoms with Gasteiger partial charge in [0.05, 0.1) is 15.5 Å². The summed E-state index contributed by atoms with van der Waals surface area (Å²) in [6, 6.07) is 15.3. The van der Waals surface area contributed by atoms with Crippen molar-refractivity contribution in [2.45, 2.75) is 9.79 Å². The molecule has 0 aliphatic heterocycles. The number of carbonyl (C=O) groups excluding carboxylic acids is 1. The molecule has 0 atom stereocenters. The molecule has 0 aliphatic rings. The molecule has 0 spiro atoms. The molecule has 2 N–H and O–H groups in total. The Labute approximate surface area is 156 Å². The Hall–Kier alpha value is -1.51. The van der Waals surface area contributed by atoms with Crippen molar-refractivity contribution in [1.29, 1.82) is 0 Å². The molecule has 0 saturated heterocycles. The van der Waals surface area contributed by atoms with Crippen molar-refractivity contribution in [3.05, 3.63) is 69.0 Å². The third-order valence-corrected chi connectivity index (χ3v) is 5.15. The van der Waals surface area contributed by atoms with Gasteiger partial charge in [0.15, 0.2) is 0 Å². The molecular weight excluding hydrogens is 445 g/mol. The zero-order valence-electron chi connectivity index (χ0n) is 11.7. The van der Waals surface area contributed by atoms with E-state index in [-0.39, 0.29) is 5.91 Å². The first kappa shape index (κ1) is 16.4. The van der Waals surface area contributed by atoms with Crippen molar-refractivity contribution in [2.75, 3.05) is 5.32 Å². The van der Waals surface area contributed by atoms with Gasteiger partial charge in [-0.15, -0.1) is 0 Å². The van der Waals surface area contributed by atoms with Gasteiger partial charge >= 0.3 is 0 Å². The Morgan fingerprint density at radius 3 is 2.61 bits per heavy atom. The fraction of sp³-hybridized carbons (Fsp3) is 0. The summed E-state index contributed by atoms with van der Waals surface area (Å²) in [5.74, 6) is -0.212. The van der Waals surface area contributed by atoms with Crippen LogP contribution in [0, 0.1) is 3.57 Å². The lowest BCUT2D eigenvalue weighted by Crippen LogP contribution is -2.14. The van der Waals surface area contributed by atoms with Gasteiger partial charge in [0, 0.05) is 14.8 Å². The van der Waals surface area contributed by atoms with Gasteiger partial charge in [0.25, 0.3) is 5.91 Å². The summed E-state index contributed by atoms with van der Waals surface area (Å²) in [7, 11) is 0. The number of benzene rings is 2. The Bertz CT molecular complexity index is 835. The molecule has 0 radical (unpaired) electrons. The maximum Gasteiger partial charge on any atom is 0.274 e. The summed E-state index contributed by atoms with van der Waals surface area (Å²) in [5.41, 5.74) is 1.21. The van der Waals surface area contributed by atoms with Gasteiger partial charge in [0.1, 0.15) is 5.69 Å². The molecule has 1 aromatic heterocycles. The summed E-state index contributed by atoms with van der Waals surface area (Å²) in [5, 5.41) is 10.2. The molecule has 0 saturated carbocycles. The SMILES string of the molecule is O=C(Nc1ccccc1Sc1ccc(Cl)cc1)c1[nH]ncc1I. The molecule has 116 valence electrons. The monoisotopic (exact) mass is 455 g/mol. The van der Waals surface area contributed by atoms with Crippen molar-refractivity contribution in [3.63, 3.8) is 0 Å².